The Morgan fingerprint density at radius 1 is 0.365 bits per heavy atom. The second-order valence-corrected chi connectivity index (χ2v) is 13.9. The predicted octanol–water partition coefficient (Wildman–Crippen LogP) is 13.3. The first-order valence-electron chi connectivity index (χ1n) is 18.0. The molecule has 2 heterocycles. The Kier molecular flexibility index (Phi) is 6.35. The molecule has 242 valence electrons. The lowest BCUT2D eigenvalue weighted by atomic mass is 9.86. The van der Waals surface area contributed by atoms with Crippen LogP contribution in [0.15, 0.2) is 188 Å². The predicted molar refractivity (Wildman–Crippen MR) is 217 cm³/mol. The van der Waals surface area contributed by atoms with Crippen molar-refractivity contribution < 1.29 is 0 Å². The fourth-order valence-corrected chi connectivity index (χ4v) is 8.74. The van der Waals surface area contributed by atoms with Gasteiger partial charge in [0.05, 0.1) is 28.6 Å². The molecule has 2 aliphatic rings. The molecule has 0 saturated heterocycles. The maximum absolute atomic E-state index is 5.51. The third-order valence-electron chi connectivity index (χ3n) is 11.0. The molecule has 8 aromatic carbocycles. The van der Waals surface area contributed by atoms with Gasteiger partial charge < -0.3 is 4.90 Å². The van der Waals surface area contributed by atoms with Gasteiger partial charge in [-0.15, -0.1) is 0 Å². The van der Waals surface area contributed by atoms with Crippen LogP contribution in [-0.2, 0) is 0 Å². The number of fused-ring (bicyclic) bond motifs is 7. The van der Waals surface area contributed by atoms with Crippen molar-refractivity contribution in [1.29, 1.82) is 0 Å². The first kappa shape index (κ1) is 29.0. The van der Waals surface area contributed by atoms with Crippen LogP contribution in [0.3, 0.4) is 0 Å². The number of benzene rings is 8. The van der Waals surface area contributed by atoms with Gasteiger partial charge in [0.1, 0.15) is 0 Å². The van der Waals surface area contributed by atoms with E-state index in [9.17, 15) is 0 Å². The molecule has 11 rings (SSSR count). The third-order valence-corrected chi connectivity index (χ3v) is 11.0. The van der Waals surface area contributed by atoms with Crippen LogP contribution in [0.2, 0.25) is 0 Å². The van der Waals surface area contributed by atoms with Gasteiger partial charge in [0.2, 0.25) is 0 Å². The molecular weight excluding hydrogens is 629 g/mol. The molecule has 1 aliphatic heterocycles. The van der Waals surface area contributed by atoms with E-state index in [1.807, 2.05) is 0 Å². The lowest BCUT2D eigenvalue weighted by Gasteiger charge is -2.39. The number of anilines is 2. The van der Waals surface area contributed by atoms with Gasteiger partial charge in [0.15, 0.2) is 0 Å². The summed E-state index contributed by atoms with van der Waals surface area (Å²) >= 11 is 0. The van der Waals surface area contributed by atoms with Crippen molar-refractivity contribution in [2.45, 2.75) is 6.04 Å². The average molecular weight is 661 g/mol. The number of nitrogens with zero attached hydrogens (tertiary/aromatic N) is 2. The maximum atomic E-state index is 5.51. The second kappa shape index (κ2) is 11.4. The lowest BCUT2D eigenvalue weighted by Crippen LogP contribution is -2.26. The maximum Gasteiger partial charge on any atom is 0.0857 e. The molecule has 52 heavy (non-hydrogen) atoms. The van der Waals surface area contributed by atoms with E-state index in [0.29, 0.717) is 0 Å². The third kappa shape index (κ3) is 4.28. The Balaban J connectivity index is 1.24. The number of para-hydroxylation sites is 1. The standard InChI is InChI=1S/C50H32N2/c1-4-14-32(15-5-1)35-24-26-40-42(30-35)38-20-10-11-21-39(38)50(40)52-45-28-25-36(33-16-6-2-7-17-33)31-43(45)49-48-46(52)29-27-37(34-18-8-3-9-19-34)47(48)41-22-12-13-23-44(41)51-49/h1-31,50H. The molecule has 0 amide bonds. The number of hydrogen-bond donors (Lipinski definition) is 0. The summed E-state index contributed by atoms with van der Waals surface area (Å²) in [4.78, 5) is 8.12. The highest BCUT2D eigenvalue weighted by molar-refractivity contribution is 6.24. The summed E-state index contributed by atoms with van der Waals surface area (Å²) in [6, 6.07) is 68.5. The Hall–Kier alpha value is -6.77. The van der Waals surface area contributed by atoms with Gasteiger partial charge in [-0.25, -0.2) is 4.98 Å². The fraction of sp³-hybridized carbons (Fsp3) is 0.0200. The van der Waals surface area contributed by atoms with Crippen molar-refractivity contribution in [2.75, 3.05) is 4.90 Å². The van der Waals surface area contributed by atoms with E-state index in [1.54, 1.807) is 0 Å². The summed E-state index contributed by atoms with van der Waals surface area (Å²) in [5.41, 5.74) is 18.1. The van der Waals surface area contributed by atoms with Crippen LogP contribution in [-0.4, -0.2) is 4.98 Å². The lowest BCUT2D eigenvalue weighted by molar-refractivity contribution is 0.844. The van der Waals surface area contributed by atoms with Gasteiger partial charge in [-0.3, -0.25) is 0 Å². The van der Waals surface area contributed by atoms with E-state index < -0.39 is 0 Å². The van der Waals surface area contributed by atoms with E-state index in [0.717, 1.165) is 16.8 Å². The van der Waals surface area contributed by atoms with Crippen molar-refractivity contribution in [2.24, 2.45) is 0 Å². The summed E-state index contributed by atoms with van der Waals surface area (Å²) in [5.74, 6) is 0. The van der Waals surface area contributed by atoms with Crippen LogP contribution in [0, 0.1) is 0 Å². The largest absolute Gasteiger partial charge is 0.328 e. The quantitative estimate of drug-likeness (QED) is 0.175. The minimum Gasteiger partial charge on any atom is -0.328 e. The summed E-state index contributed by atoms with van der Waals surface area (Å²) in [7, 11) is 0. The molecule has 9 aromatic rings. The van der Waals surface area contributed by atoms with E-state index in [4.69, 9.17) is 4.98 Å². The van der Waals surface area contributed by atoms with Crippen molar-refractivity contribution in [3.05, 3.63) is 199 Å². The van der Waals surface area contributed by atoms with Gasteiger partial charge in [-0.1, -0.05) is 158 Å². The Morgan fingerprint density at radius 3 is 1.69 bits per heavy atom. The molecule has 0 fully saturated rings. The van der Waals surface area contributed by atoms with Crippen molar-refractivity contribution in [3.63, 3.8) is 0 Å². The Labute approximate surface area is 302 Å². The molecule has 0 spiro atoms. The average Bonchev–Trinajstić information content (AvgIpc) is 3.55. The van der Waals surface area contributed by atoms with Crippen LogP contribution >= 0.6 is 0 Å². The molecule has 1 atom stereocenters. The first-order chi connectivity index (χ1) is 25.8. The zero-order valence-electron chi connectivity index (χ0n) is 28.4. The van der Waals surface area contributed by atoms with Crippen LogP contribution < -0.4 is 4.90 Å². The molecule has 0 N–H and O–H groups in total. The summed E-state index contributed by atoms with van der Waals surface area (Å²) in [6.45, 7) is 0. The van der Waals surface area contributed by atoms with Crippen LogP contribution in [0.5, 0.6) is 0 Å². The molecule has 2 nitrogen and oxygen atoms in total. The van der Waals surface area contributed by atoms with E-state index >= 15 is 0 Å². The number of rotatable bonds is 4. The fourth-order valence-electron chi connectivity index (χ4n) is 8.74. The summed E-state index contributed by atoms with van der Waals surface area (Å²) in [6.07, 6.45) is 0. The molecular formula is C50H32N2. The second-order valence-electron chi connectivity index (χ2n) is 13.9. The molecule has 2 heteroatoms. The molecule has 1 aliphatic carbocycles. The summed E-state index contributed by atoms with van der Waals surface area (Å²) < 4.78 is 0. The number of hydrogen-bond acceptors (Lipinski definition) is 2. The SMILES string of the molecule is c1ccc(-c2ccc3c(c2)-c2ccccc2C3N2c3ccc(-c4ccccc4)cc3-c3nc4ccccc4c4c(-c5ccccc5)ccc2c34)cc1. The highest BCUT2D eigenvalue weighted by Gasteiger charge is 2.39. The molecule has 0 radical (unpaired) electrons. The van der Waals surface area contributed by atoms with E-state index in [-0.39, 0.29) is 6.04 Å². The van der Waals surface area contributed by atoms with Crippen molar-refractivity contribution in [3.8, 4) is 55.8 Å². The van der Waals surface area contributed by atoms with Gasteiger partial charge >= 0.3 is 0 Å². The molecule has 0 saturated carbocycles. The highest BCUT2D eigenvalue weighted by atomic mass is 15.2. The number of aromatic nitrogens is 1. The van der Waals surface area contributed by atoms with Crippen LogP contribution in [0.25, 0.3) is 77.4 Å². The zero-order chi connectivity index (χ0) is 34.2. The van der Waals surface area contributed by atoms with Crippen molar-refractivity contribution >= 4 is 33.1 Å². The first-order valence-corrected chi connectivity index (χ1v) is 18.0. The van der Waals surface area contributed by atoms with Crippen LogP contribution in [0.1, 0.15) is 17.2 Å². The van der Waals surface area contributed by atoms with Crippen LogP contribution in [0.4, 0.5) is 11.4 Å². The van der Waals surface area contributed by atoms with E-state index in [1.165, 1.54) is 83.2 Å². The monoisotopic (exact) mass is 660 g/mol. The van der Waals surface area contributed by atoms with Gasteiger partial charge in [-0.05, 0) is 86.0 Å². The van der Waals surface area contributed by atoms with Crippen molar-refractivity contribution in [1.82, 2.24) is 4.98 Å². The van der Waals surface area contributed by atoms with Gasteiger partial charge in [-0.2, -0.15) is 0 Å². The summed E-state index contributed by atoms with van der Waals surface area (Å²) in [5, 5.41) is 3.62. The Bertz CT molecular complexity index is 2840. The Morgan fingerprint density at radius 2 is 0.942 bits per heavy atom. The number of pyridine rings is 1. The molecule has 0 bridgehead atoms. The topological polar surface area (TPSA) is 16.1 Å². The highest BCUT2D eigenvalue weighted by Crippen LogP contribution is 2.58. The molecule has 1 aromatic heterocycles. The normalized spacial score (nSPS) is 13.9. The minimum atomic E-state index is -0.0252. The van der Waals surface area contributed by atoms with E-state index in [2.05, 4.69) is 193 Å². The minimum absolute atomic E-state index is 0.0252. The van der Waals surface area contributed by atoms with Gasteiger partial charge in [0, 0.05) is 21.7 Å². The zero-order valence-corrected chi connectivity index (χ0v) is 28.4. The molecule has 1 unspecified atom stereocenters. The van der Waals surface area contributed by atoms with Gasteiger partial charge in [0.25, 0.3) is 0 Å². The smallest absolute Gasteiger partial charge is 0.0857 e.